The van der Waals surface area contributed by atoms with E-state index in [2.05, 4.69) is 13.8 Å². The van der Waals surface area contributed by atoms with E-state index < -0.39 is 0 Å². The Morgan fingerprint density at radius 2 is 1.94 bits per heavy atom. The van der Waals surface area contributed by atoms with Crippen LogP contribution >= 0.6 is 0 Å². The van der Waals surface area contributed by atoms with Crippen molar-refractivity contribution >= 4 is 5.91 Å². The minimum absolute atomic E-state index is 0.0600. The van der Waals surface area contributed by atoms with Gasteiger partial charge in [-0.25, -0.2) is 0 Å². The highest BCUT2D eigenvalue weighted by Crippen LogP contribution is 2.24. The first kappa shape index (κ1) is 13.5. The molecular weight excluding hydrogens is 200 g/mol. The molecule has 0 heterocycles. The van der Waals surface area contributed by atoms with Gasteiger partial charge in [0.15, 0.2) is 0 Å². The molecule has 1 amide bonds. The van der Waals surface area contributed by atoms with Gasteiger partial charge in [0.2, 0.25) is 5.91 Å². The van der Waals surface area contributed by atoms with E-state index in [0.717, 1.165) is 25.8 Å². The number of carbonyl (C=O) groups excluding carboxylic acids is 1. The van der Waals surface area contributed by atoms with E-state index in [0.29, 0.717) is 0 Å². The zero-order valence-corrected chi connectivity index (χ0v) is 10.9. The lowest BCUT2D eigenvalue weighted by atomic mass is 9.93. The third-order valence-electron chi connectivity index (χ3n) is 3.63. The SMILES string of the molecule is CCN(C(=O)C1CCCCCC1N)C(C)C. The molecule has 0 bridgehead atoms. The van der Waals surface area contributed by atoms with Crippen LogP contribution in [0.5, 0.6) is 0 Å². The van der Waals surface area contributed by atoms with Crippen LogP contribution in [-0.4, -0.2) is 29.4 Å². The maximum Gasteiger partial charge on any atom is 0.227 e. The molecule has 16 heavy (non-hydrogen) atoms. The summed E-state index contributed by atoms with van der Waals surface area (Å²) in [5.74, 6) is 0.330. The third kappa shape index (κ3) is 3.21. The van der Waals surface area contributed by atoms with Crippen LogP contribution in [0.4, 0.5) is 0 Å². The highest BCUT2D eigenvalue weighted by molar-refractivity contribution is 5.79. The van der Waals surface area contributed by atoms with Crippen LogP contribution in [0.25, 0.3) is 0 Å². The van der Waals surface area contributed by atoms with E-state index >= 15 is 0 Å². The van der Waals surface area contributed by atoms with E-state index in [4.69, 9.17) is 5.73 Å². The minimum atomic E-state index is 0.0600. The molecule has 2 unspecified atom stereocenters. The summed E-state index contributed by atoms with van der Waals surface area (Å²) in [4.78, 5) is 14.3. The summed E-state index contributed by atoms with van der Waals surface area (Å²) in [6.45, 7) is 6.98. The molecule has 1 aliphatic carbocycles. The van der Waals surface area contributed by atoms with E-state index in [9.17, 15) is 4.79 Å². The third-order valence-corrected chi connectivity index (χ3v) is 3.63. The number of nitrogens with zero attached hydrogens (tertiary/aromatic N) is 1. The molecular formula is C13H26N2O. The molecule has 2 N–H and O–H groups in total. The predicted molar refractivity (Wildman–Crippen MR) is 67.1 cm³/mol. The van der Waals surface area contributed by atoms with Crippen LogP contribution in [0.15, 0.2) is 0 Å². The van der Waals surface area contributed by atoms with Gasteiger partial charge in [-0.15, -0.1) is 0 Å². The van der Waals surface area contributed by atoms with Gasteiger partial charge in [-0.05, 0) is 33.6 Å². The Labute approximate surface area is 99.4 Å². The molecule has 0 spiro atoms. The minimum Gasteiger partial charge on any atom is -0.340 e. The fourth-order valence-corrected chi connectivity index (χ4v) is 2.63. The van der Waals surface area contributed by atoms with Gasteiger partial charge >= 0.3 is 0 Å². The van der Waals surface area contributed by atoms with Gasteiger partial charge in [0, 0.05) is 18.6 Å². The van der Waals surface area contributed by atoms with Crippen molar-refractivity contribution in [2.45, 2.75) is 65.0 Å². The second-order valence-electron chi connectivity index (χ2n) is 5.13. The Hall–Kier alpha value is -0.570. The van der Waals surface area contributed by atoms with Gasteiger partial charge in [0.1, 0.15) is 0 Å². The van der Waals surface area contributed by atoms with Gasteiger partial charge in [-0.2, -0.15) is 0 Å². The van der Waals surface area contributed by atoms with Crippen molar-refractivity contribution in [2.24, 2.45) is 11.7 Å². The van der Waals surface area contributed by atoms with E-state index in [-0.39, 0.29) is 23.9 Å². The zero-order valence-electron chi connectivity index (χ0n) is 10.9. The molecule has 3 heteroatoms. The van der Waals surface area contributed by atoms with Crippen LogP contribution in [0.1, 0.15) is 52.9 Å². The van der Waals surface area contributed by atoms with Crippen molar-refractivity contribution in [1.82, 2.24) is 4.90 Å². The molecule has 3 nitrogen and oxygen atoms in total. The quantitative estimate of drug-likeness (QED) is 0.750. The smallest absolute Gasteiger partial charge is 0.227 e. The maximum atomic E-state index is 12.4. The number of carbonyl (C=O) groups is 1. The molecule has 1 fully saturated rings. The monoisotopic (exact) mass is 226 g/mol. The van der Waals surface area contributed by atoms with Crippen LogP contribution in [0.2, 0.25) is 0 Å². The fraction of sp³-hybridized carbons (Fsp3) is 0.923. The van der Waals surface area contributed by atoms with Crippen molar-refractivity contribution in [2.75, 3.05) is 6.54 Å². The normalized spacial score (nSPS) is 26.6. The number of nitrogens with two attached hydrogens (primary N) is 1. The van der Waals surface area contributed by atoms with Gasteiger partial charge in [-0.1, -0.05) is 19.3 Å². The lowest BCUT2D eigenvalue weighted by Crippen LogP contribution is -2.46. The predicted octanol–water partition coefficient (Wildman–Crippen LogP) is 2.15. The molecule has 1 aliphatic rings. The lowest BCUT2D eigenvalue weighted by molar-refractivity contribution is -0.137. The first-order chi connectivity index (χ1) is 7.57. The Kier molecular flexibility index (Phi) is 5.26. The van der Waals surface area contributed by atoms with E-state index in [1.165, 1.54) is 12.8 Å². The molecule has 1 saturated carbocycles. The highest BCUT2D eigenvalue weighted by Gasteiger charge is 2.30. The van der Waals surface area contributed by atoms with E-state index in [1.54, 1.807) is 0 Å². The molecule has 94 valence electrons. The Bertz CT molecular complexity index is 228. The van der Waals surface area contributed by atoms with Gasteiger partial charge in [-0.3, -0.25) is 4.79 Å². The molecule has 0 saturated heterocycles. The Balaban J connectivity index is 2.69. The lowest BCUT2D eigenvalue weighted by Gasteiger charge is -2.31. The first-order valence-electron chi connectivity index (χ1n) is 6.64. The Morgan fingerprint density at radius 1 is 1.31 bits per heavy atom. The molecule has 1 rings (SSSR count). The maximum absolute atomic E-state index is 12.4. The standard InChI is InChI=1S/C13H26N2O/c1-4-15(10(2)3)13(16)11-8-6-5-7-9-12(11)14/h10-12H,4-9,14H2,1-3H3. The number of rotatable bonds is 3. The van der Waals surface area contributed by atoms with E-state index in [1.807, 2.05) is 11.8 Å². The van der Waals surface area contributed by atoms with Crippen LogP contribution < -0.4 is 5.73 Å². The Morgan fingerprint density at radius 3 is 2.50 bits per heavy atom. The molecule has 0 aromatic carbocycles. The summed E-state index contributed by atoms with van der Waals surface area (Å²) in [7, 11) is 0. The van der Waals surface area contributed by atoms with Crippen molar-refractivity contribution in [3.05, 3.63) is 0 Å². The van der Waals surface area contributed by atoms with Crippen molar-refractivity contribution < 1.29 is 4.79 Å². The van der Waals surface area contributed by atoms with Gasteiger partial charge < -0.3 is 10.6 Å². The zero-order chi connectivity index (χ0) is 12.1. The van der Waals surface area contributed by atoms with Crippen molar-refractivity contribution in [1.29, 1.82) is 0 Å². The highest BCUT2D eigenvalue weighted by atomic mass is 16.2. The van der Waals surface area contributed by atoms with Gasteiger partial charge in [0.25, 0.3) is 0 Å². The largest absolute Gasteiger partial charge is 0.340 e. The summed E-state index contributed by atoms with van der Waals surface area (Å²) in [5.41, 5.74) is 6.13. The number of hydrogen-bond acceptors (Lipinski definition) is 2. The summed E-state index contributed by atoms with van der Waals surface area (Å²) < 4.78 is 0. The second kappa shape index (κ2) is 6.24. The molecule has 0 radical (unpaired) electrons. The first-order valence-corrected chi connectivity index (χ1v) is 6.64. The van der Waals surface area contributed by atoms with Crippen LogP contribution in [0.3, 0.4) is 0 Å². The summed E-state index contributed by atoms with van der Waals surface area (Å²) in [6, 6.07) is 0.357. The van der Waals surface area contributed by atoms with Crippen LogP contribution in [-0.2, 0) is 4.79 Å². The molecule has 0 aromatic heterocycles. The molecule has 0 aliphatic heterocycles. The second-order valence-corrected chi connectivity index (χ2v) is 5.13. The average Bonchev–Trinajstić information content (AvgIpc) is 2.43. The van der Waals surface area contributed by atoms with Crippen LogP contribution in [0, 0.1) is 5.92 Å². The average molecular weight is 226 g/mol. The summed E-state index contributed by atoms with van der Waals surface area (Å²) in [5, 5.41) is 0. The topological polar surface area (TPSA) is 46.3 Å². The molecule has 0 aromatic rings. The summed E-state index contributed by atoms with van der Waals surface area (Å²) in [6.07, 6.45) is 5.54. The summed E-state index contributed by atoms with van der Waals surface area (Å²) >= 11 is 0. The molecule has 2 atom stereocenters. The van der Waals surface area contributed by atoms with Crippen molar-refractivity contribution in [3.8, 4) is 0 Å². The fourth-order valence-electron chi connectivity index (χ4n) is 2.63. The number of amides is 1. The number of hydrogen-bond donors (Lipinski definition) is 1. The van der Waals surface area contributed by atoms with Gasteiger partial charge in [0.05, 0.1) is 5.92 Å². The van der Waals surface area contributed by atoms with Crippen molar-refractivity contribution in [3.63, 3.8) is 0 Å².